The first-order valence-electron chi connectivity index (χ1n) is 9.71. The highest BCUT2D eigenvalue weighted by atomic mass is 16.6. The van der Waals surface area contributed by atoms with Crippen molar-refractivity contribution in [1.82, 2.24) is 0 Å². The van der Waals surface area contributed by atoms with Crippen molar-refractivity contribution >= 4 is 17.9 Å². The largest absolute Gasteiger partial charge is 0.463 e. The number of aliphatic hydroxyl groups is 2. The fourth-order valence-electron chi connectivity index (χ4n) is 3.42. The summed E-state index contributed by atoms with van der Waals surface area (Å²) in [6, 6.07) is 0. The van der Waals surface area contributed by atoms with Crippen molar-refractivity contribution in [3.8, 4) is 0 Å². The molecule has 0 saturated carbocycles. The van der Waals surface area contributed by atoms with Crippen LogP contribution in [0.3, 0.4) is 0 Å². The Morgan fingerprint density at radius 3 is 2.73 bits per heavy atom. The molecule has 0 radical (unpaired) electrons. The van der Waals surface area contributed by atoms with Gasteiger partial charge in [-0.1, -0.05) is 24.8 Å². The summed E-state index contributed by atoms with van der Waals surface area (Å²) in [6.45, 7) is 9.81. The first-order valence-corrected chi connectivity index (χ1v) is 9.71. The van der Waals surface area contributed by atoms with Crippen LogP contribution in [-0.2, 0) is 28.6 Å². The number of esters is 3. The Bertz CT molecular complexity index is 791. The Kier molecular flexibility index (Phi) is 8.14. The Balaban J connectivity index is 2.26. The topological polar surface area (TPSA) is 119 Å². The van der Waals surface area contributed by atoms with E-state index < -0.39 is 48.7 Å². The maximum atomic E-state index is 12.6. The number of rotatable bonds is 6. The Labute approximate surface area is 175 Å². The zero-order valence-electron chi connectivity index (χ0n) is 17.3. The predicted octanol–water partition coefficient (Wildman–Crippen LogP) is 1.53. The van der Waals surface area contributed by atoms with Gasteiger partial charge in [0.1, 0.15) is 24.9 Å². The molecule has 0 aromatic heterocycles. The van der Waals surface area contributed by atoms with Crippen LogP contribution in [0.2, 0.25) is 0 Å². The lowest BCUT2D eigenvalue weighted by molar-refractivity contribution is -0.151. The third-order valence-electron chi connectivity index (χ3n) is 5.11. The smallest absolute Gasteiger partial charge is 0.336 e. The molecule has 2 aliphatic rings. The summed E-state index contributed by atoms with van der Waals surface area (Å²) < 4.78 is 15.7. The monoisotopic (exact) mass is 420 g/mol. The van der Waals surface area contributed by atoms with Gasteiger partial charge in [-0.3, -0.25) is 4.79 Å². The van der Waals surface area contributed by atoms with Crippen LogP contribution >= 0.6 is 0 Å². The van der Waals surface area contributed by atoms with Gasteiger partial charge < -0.3 is 24.4 Å². The normalized spacial score (nSPS) is 28.7. The summed E-state index contributed by atoms with van der Waals surface area (Å²) in [5, 5.41) is 19.6. The molecule has 0 aromatic rings. The molecule has 2 rings (SSSR count). The van der Waals surface area contributed by atoms with E-state index in [1.807, 2.05) is 13.0 Å². The molecule has 0 spiro atoms. The fourth-order valence-corrected chi connectivity index (χ4v) is 3.42. The first-order chi connectivity index (χ1) is 14.1. The minimum Gasteiger partial charge on any atom is -0.463 e. The summed E-state index contributed by atoms with van der Waals surface area (Å²) in [7, 11) is 0. The van der Waals surface area contributed by atoms with Gasteiger partial charge in [0.05, 0.1) is 18.1 Å². The van der Waals surface area contributed by atoms with Gasteiger partial charge >= 0.3 is 17.9 Å². The van der Waals surface area contributed by atoms with E-state index in [2.05, 4.69) is 13.2 Å². The van der Waals surface area contributed by atoms with Gasteiger partial charge in [0, 0.05) is 18.9 Å². The standard InChI is InChI=1S/C22H28O8/c1-12-6-5-7-16(10-23)9-19-20(14(3)22(27)30-19)18(8-12)29-21(26)13(2)17(25)11-28-15(4)24/h6,9,17-20,23,25H,2-3,5,7-8,10-11H2,1,4H3/b12-6-,16-9+/t17-,18-,19-,20+/m0/s1. The Morgan fingerprint density at radius 2 is 2.10 bits per heavy atom. The molecule has 1 aliphatic carbocycles. The van der Waals surface area contributed by atoms with Crippen LogP contribution < -0.4 is 0 Å². The molecule has 0 unspecified atom stereocenters. The van der Waals surface area contributed by atoms with E-state index in [-0.39, 0.29) is 17.8 Å². The number of carbonyl (C=O) groups is 3. The molecule has 1 aliphatic heterocycles. The van der Waals surface area contributed by atoms with Gasteiger partial charge in [0.25, 0.3) is 0 Å². The van der Waals surface area contributed by atoms with E-state index >= 15 is 0 Å². The zero-order valence-corrected chi connectivity index (χ0v) is 17.3. The number of hydrogen-bond acceptors (Lipinski definition) is 8. The van der Waals surface area contributed by atoms with Crippen molar-refractivity contribution in [2.45, 2.75) is 51.4 Å². The van der Waals surface area contributed by atoms with E-state index in [0.29, 0.717) is 24.8 Å². The highest BCUT2D eigenvalue weighted by Gasteiger charge is 2.44. The zero-order chi connectivity index (χ0) is 22.4. The molecule has 4 atom stereocenters. The van der Waals surface area contributed by atoms with Crippen molar-refractivity contribution < 1.29 is 38.8 Å². The second kappa shape index (κ2) is 10.4. The molecule has 0 amide bonds. The molecule has 1 heterocycles. The third kappa shape index (κ3) is 5.90. The van der Waals surface area contributed by atoms with E-state index in [4.69, 9.17) is 14.2 Å². The lowest BCUT2D eigenvalue weighted by atomic mass is 9.85. The van der Waals surface area contributed by atoms with E-state index in [0.717, 1.165) is 5.57 Å². The molecular weight excluding hydrogens is 392 g/mol. The van der Waals surface area contributed by atoms with Crippen LogP contribution in [0.25, 0.3) is 0 Å². The minimum atomic E-state index is -1.42. The maximum absolute atomic E-state index is 12.6. The molecule has 2 N–H and O–H groups in total. The Hall–Kier alpha value is -2.71. The lowest BCUT2D eigenvalue weighted by Crippen LogP contribution is -2.35. The number of ether oxygens (including phenoxy) is 3. The van der Waals surface area contributed by atoms with Crippen LogP contribution in [0.15, 0.2) is 47.6 Å². The van der Waals surface area contributed by atoms with Crippen molar-refractivity contribution in [3.05, 3.63) is 47.6 Å². The maximum Gasteiger partial charge on any atom is 0.336 e. The molecule has 164 valence electrons. The summed E-state index contributed by atoms with van der Waals surface area (Å²) in [5.41, 5.74) is 1.55. The molecule has 8 heteroatoms. The van der Waals surface area contributed by atoms with E-state index in [1.54, 1.807) is 6.08 Å². The van der Waals surface area contributed by atoms with Crippen LogP contribution in [0, 0.1) is 5.92 Å². The predicted molar refractivity (Wildman–Crippen MR) is 107 cm³/mol. The second-order valence-corrected chi connectivity index (χ2v) is 7.48. The minimum absolute atomic E-state index is 0.172. The molecule has 0 aromatic carbocycles. The number of aliphatic hydroxyl groups excluding tert-OH is 2. The number of carbonyl (C=O) groups excluding carboxylic acids is 3. The molecule has 1 fully saturated rings. The van der Waals surface area contributed by atoms with Gasteiger partial charge in [-0.05, 0) is 31.4 Å². The van der Waals surface area contributed by atoms with Gasteiger partial charge in [0.2, 0.25) is 0 Å². The molecule has 8 nitrogen and oxygen atoms in total. The van der Waals surface area contributed by atoms with Crippen LogP contribution in [-0.4, -0.2) is 59.6 Å². The number of allylic oxidation sites excluding steroid dienone is 1. The van der Waals surface area contributed by atoms with Crippen LogP contribution in [0.4, 0.5) is 0 Å². The van der Waals surface area contributed by atoms with Crippen molar-refractivity contribution in [3.63, 3.8) is 0 Å². The summed E-state index contributed by atoms with van der Waals surface area (Å²) in [4.78, 5) is 35.7. The SMILES string of the molecule is C=C1C(=O)O[C@H]2/C=C(/CO)CC/C=C(/C)C[C@H](OC(=O)C(=C)[C@@H](O)COC(C)=O)[C@@H]12. The molecule has 0 bridgehead atoms. The molecule has 30 heavy (non-hydrogen) atoms. The first kappa shape index (κ1) is 23.6. The highest BCUT2D eigenvalue weighted by molar-refractivity contribution is 5.92. The van der Waals surface area contributed by atoms with Gasteiger partial charge in [0.15, 0.2) is 0 Å². The quantitative estimate of drug-likeness (QED) is 0.287. The Morgan fingerprint density at radius 1 is 1.40 bits per heavy atom. The summed E-state index contributed by atoms with van der Waals surface area (Å²) in [6.07, 6.45) is 2.34. The van der Waals surface area contributed by atoms with Crippen molar-refractivity contribution in [2.24, 2.45) is 5.92 Å². The van der Waals surface area contributed by atoms with Crippen LogP contribution in [0.1, 0.15) is 33.1 Å². The van der Waals surface area contributed by atoms with Gasteiger partial charge in [-0.2, -0.15) is 0 Å². The second-order valence-electron chi connectivity index (χ2n) is 7.48. The molecule has 1 saturated heterocycles. The number of fused-ring (bicyclic) bond motifs is 1. The van der Waals surface area contributed by atoms with Gasteiger partial charge in [-0.15, -0.1) is 0 Å². The third-order valence-corrected chi connectivity index (χ3v) is 5.11. The van der Waals surface area contributed by atoms with Crippen molar-refractivity contribution in [2.75, 3.05) is 13.2 Å². The van der Waals surface area contributed by atoms with E-state index in [1.165, 1.54) is 6.92 Å². The highest BCUT2D eigenvalue weighted by Crippen LogP contribution is 2.36. The lowest BCUT2D eigenvalue weighted by Gasteiger charge is -2.28. The van der Waals surface area contributed by atoms with Gasteiger partial charge in [-0.25, -0.2) is 9.59 Å². The fraction of sp³-hybridized carbons (Fsp3) is 0.500. The average molecular weight is 420 g/mol. The van der Waals surface area contributed by atoms with Crippen LogP contribution in [0.5, 0.6) is 0 Å². The average Bonchev–Trinajstić information content (AvgIpc) is 2.97. The van der Waals surface area contributed by atoms with E-state index in [9.17, 15) is 24.6 Å². The summed E-state index contributed by atoms with van der Waals surface area (Å²) in [5.74, 6) is -2.71. The molecular formula is C22H28O8. The number of hydrogen-bond donors (Lipinski definition) is 2. The summed E-state index contributed by atoms with van der Waals surface area (Å²) >= 11 is 0. The van der Waals surface area contributed by atoms with Crippen molar-refractivity contribution in [1.29, 1.82) is 0 Å².